The number of ether oxygens (including phenoxy) is 1. The van der Waals surface area contributed by atoms with Crippen LogP contribution in [-0.4, -0.2) is 19.9 Å². The van der Waals surface area contributed by atoms with E-state index in [1.165, 1.54) is 0 Å². The third kappa shape index (κ3) is 3.25. The van der Waals surface area contributed by atoms with Crippen LogP contribution in [0.2, 0.25) is 5.02 Å². The number of aryl methyl sites for hydroxylation is 1. The average Bonchev–Trinajstić information content (AvgIpc) is 3.26. The smallest absolute Gasteiger partial charge is 0.276 e. The van der Waals surface area contributed by atoms with Crippen LogP contribution in [0.25, 0.3) is 23.0 Å². The van der Waals surface area contributed by atoms with Crippen LogP contribution in [0, 0.1) is 0 Å². The van der Waals surface area contributed by atoms with Crippen LogP contribution in [0.15, 0.2) is 65.3 Å². The summed E-state index contributed by atoms with van der Waals surface area (Å²) >= 11 is 5.87. The van der Waals surface area contributed by atoms with Crippen molar-refractivity contribution in [1.82, 2.24) is 19.9 Å². The van der Waals surface area contributed by atoms with E-state index in [4.69, 9.17) is 20.9 Å². The molecule has 0 fully saturated rings. The molecule has 0 aliphatic carbocycles. The molecule has 0 unspecified atom stereocenters. The van der Waals surface area contributed by atoms with Gasteiger partial charge in [-0.3, -0.25) is 4.68 Å². The number of halogens is 1. The highest BCUT2D eigenvalue weighted by Gasteiger charge is 2.13. The Bertz CT molecular complexity index is 991. The minimum atomic E-state index is 0.427. The summed E-state index contributed by atoms with van der Waals surface area (Å²) < 4.78 is 12.8. The Morgan fingerprint density at radius 1 is 0.960 bits per heavy atom. The zero-order valence-electron chi connectivity index (χ0n) is 13.3. The van der Waals surface area contributed by atoms with E-state index >= 15 is 0 Å². The number of aromatic nitrogens is 4. The van der Waals surface area contributed by atoms with Crippen molar-refractivity contribution in [1.29, 1.82) is 0 Å². The van der Waals surface area contributed by atoms with Gasteiger partial charge in [-0.1, -0.05) is 16.8 Å². The third-order valence-electron chi connectivity index (χ3n) is 3.63. The topological polar surface area (TPSA) is 66.0 Å². The van der Waals surface area contributed by atoms with Crippen molar-refractivity contribution in [3.05, 3.63) is 65.8 Å². The minimum absolute atomic E-state index is 0.427. The molecular formula is C18H13ClN4O2. The second-order valence-corrected chi connectivity index (χ2v) is 5.78. The third-order valence-corrected chi connectivity index (χ3v) is 3.88. The number of benzene rings is 2. The van der Waals surface area contributed by atoms with Crippen molar-refractivity contribution in [2.45, 2.75) is 0 Å². The van der Waals surface area contributed by atoms with E-state index in [1.54, 1.807) is 23.0 Å². The summed E-state index contributed by atoms with van der Waals surface area (Å²) in [6.45, 7) is 0. The molecule has 0 spiro atoms. The fourth-order valence-corrected chi connectivity index (χ4v) is 2.47. The molecule has 6 nitrogen and oxygen atoms in total. The zero-order valence-corrected chi connectivity index (χ0v) is 14.0. The highest BCUT2D eigenvalue weighted by Crippen LogP contribution is 2.26. The van der Waals surface area contributed by atoms with Crippen LogP contribution in [0.3, 0.4) is 0 Å². The molecule has 4 aromatic rings. The molecule has 2 aromatic carbocycles. The van der Waals surface area contributed by atoms with Crippen molar-refractivity contribution in [3.63, 3.8) is 0 Å². The van der Waals surface area contributed by atoms with Crippen molar-refractivity contribution < 1.29 is 9.26 Å². The summed E-state index contributed by atoms with van der Waals surface area (Å²) in [5, 5.41) is 8.79. The number of nitrogens with zero attached hydrogens (tertiary/aromatic N) is 4. The molecular weight excluding hydrogens is 340 g/mol. The van der Waals surface area contributed by atoms with Crippen LogP contribution in [0.1, 0.15) is 0 Å². The Kier molecular flexibility index (Phi) is 3.95. The Hall–Kier alpha value is -3.12. The summed E-state index contributed by atoms with van der Waals surface area (Å²) in [5.74, 6) is 2.36. The van der Waals surface area contributed by atoms with E-state index in [1.807, 2.05) is 49.5 Å². The fourth-order valence-electron chi connectivity index (χ4n) is 2.34. The molecule has 0 atom stereocenters. The van der Waals surface area contributed by atoms with Gasteiger partial charge in [-0.05, 0) is 54.6 Å². The van der Waals surface area contributed by atoms with Gasteiger partial charge in [0.15, 0.2) is 0 Å². The molecule has 0 radical (unpaired) electrons. The molecule has 4 rings (SSSR count). The lowest BCUT2D eigenvalue weighted by Crippen LogP contribution is -1.93. The molecule has 0 saturated heterocycles. The van der Waals surface area contributed by atoms with Crippen molar-refractivity contribution in [3.8, 4) is 34.5 Å². The van der Waals surface area contributed by atoms with E-state index in [0.717, 1.165) is 17.0 Å². The lowest BCUT2D eigenvalue weighted by molar-refractivity contribution is 0.428. The summed E-state index contributed by atoms with van der Waals surface area (Å²) in [6, 6.07) is 16.5. The average molecular weight is 353 g/mol. The van der Waals surface area contributed by atoms with Gasteiger partial charge in [0.25, 0.3) is 5.89 Å². The maximum atomic E-state index is 5.87. The largest absolute Gasteiger partial charge is 0.457 e. The predicted octanol–water partition coefficient (Wildman–Crippen LogP) is 4.58. The van der Waals surface area contributed by atoms with Gasteiger partial charge in [-0.15, -0.1) is 0 Å². The van der Waals surface area contributed by atoms with Gasteiger partial charge < -0.3 is 9.26 Å². The van der Waals surface area contributed by atoms with Crippen LogP contribution in [-0.2, 0) is 7.05 Å². The normalized spacial score (nSPS) is 10.8. The van der Waals surface area contributed by atoms with Gasteiger partial charge in [0.2, 0.25) is 5.82 Å². The van der Waals surface area contributed by atoms with E-state index in [2.05, 4.69) is 15.2 Å². The minimum Gasteiger partial charge on any atom is -0.457 e. The van der Waals surface area contributed by atoms with E-state index < -0.39 is 0 Å². The van der Waals surface area contributed by atoms with Gasteiger partial charge in [-0.25, -0.2) is 0 Å². The van der Waals surface area contributed by atoms with Crippen molar-refractivity contribution in [2.75, 3.05) is 0 Å². The maximum absolute atomic E-state index is 5.87. The molecule has 0 amide bonds. The first-order valence-corrected chi connectivity index (χ1v) is 7.93. The Morgan fingerprint density at radius 3 is 2.28 bits per heavy atom. The highest BCUT2D eigenvalue weighted by atomic mass is 35.5. The van der Waals surface area contributed by atoms with Gasteiger partial charge in [-0.2, -0.15) is 10.1 Å². The van der Waals surface area contributed by atoms with Crippen LogP contribution >= 0.6 is 11.6 Å². The fraction of sp³-hybridized carbons (Fsp3) is 0.0556. The standard InChI is InChI=1S/C18H13ClN4O2/c1-23-16(10-11-20-23)18-21-17(22-25-18)12-2-6-14(7-3-12)24-15-8-4-13(19)5-9-15/h2-11H,1H3. The second kappa shape index (κ2) is 6.41. The Labute approximate surface area is 148 Å². The monoisotopic (exact) mass is 352 g/mol. The number of rotatable bonds is 4. The van der Waals surface area contributed by atoms with E-state index in [0.29, 0.717) is 22.5 Å². The van der Waals surface area contributed by atoms with Crippen LogP contribution in [0.4, 0.5) is 0 Å². The maximum Gasteiger partial charge on any atom is 0.276 e. The van der Waals surface area contributed by atoms with Crippen molar-refractivity contribution >= 4 is 11.6 Å². The predicted molar refractivity (Wildman–Crippen MR) is 93.5 cm³/mol. The lowest BCUT2D eigenvalue weighted by Gasteiger charge is -2.05. The molecule has 25 heavy (non-hydrogen) atoms. The highest BCUT2D eigenvalue weighted by molar-refractivity contribution is 6.30. The SMILES string of the molecule is Cn1nccc1-c1nc(-c2ccc(Oc3ccc(Cl)cc3)cc2)no1. The first-order chi connectivity index (χ1) is 12.2. The van der Waals surface area contributed by atoms with Gasteiger partial charge in [0.05, 0.1) is 0 Å². The number of hydrogen-bond donors (Lipinski definition) is 0. The first-order valence-electron chi connectivity index (χ1n) is 7.55. The molecule has 0 bridgehead atoms. The summed E-state index contributed by atoms with van der Waals surface area (Å²) in [5.41, 5.74) is 1.60. The molecule has 0 aliphatic heterocycles. The molecule has 124 valence electrons. The molecule has 7 heteroatoms. The quantitative estimate of drug-likeness (QED) is 0.537. The van der Waals surface area contributed by atoms with Gasteiger partial charge in [0.1, 0.15) is 17.2 Å². The summed E-state index contributed by atoms with van der Waals surface area (Å²) in [4.78, 5) is 4.41. The van der Waals surface area contributed by atoms with Gasteiger partial charge in [0, 0.05) is 23.8 Å². The molecule has 2 heterocycles. The zero-order chi connectivity index (χ0) is 17.2. The van der Waals surface area contributed by atoms with Gasteiger partial charge >= 0.3 is 0 Å². The number of hydrogen-bond acceptors (Lipinski definition) is 5. The van der Waals surface area contributed by atoms with Crippen LogP contribution < -0.4 is 4.74 Å². The van der Waals surface area contributed by atoms with E-state index in [9.17, 15) is 0 Å². The molecule has 0 N–H and O–H groups in total. The molecule has 2 aromatic heterocycles. The van der Waals surface area contributed by atoms with E-state index in [-0.39, 0.29) is 0 Å². The Morgan fingerprint density at radius 2 is 1.64 bits per heavy atom. The first kappa shape index (κ1) is 15.4. The Balaban J connectivity index is 1.53. The summed E-state index contributed by atoms with van der Waals surface area (Å²) in [6.07, 6.45) is 1.68. The summed E-state index contributed by atoms with van der Waals surface area (Å²) in [7, 11) is 1.82. The molecule has 0 saturated carbocycles. The van der Waals surface area contributed by atoms with Crippen molar-refractivity contribution in [2.24, 2.45) is 7.05 Å². The van der Waals surface area contributed by atoms with Crippen LogP contribution in [0.5, 0.6) is 11.5 Å². The molecule has 0 aliphatic rings. The lowest BCUT2D eigenvalue weighted by atomic mass is 10.2. The second-order valence-electron chi connectivity index (χ2n) is 5.34.